The topological polar surface area (TPSA) is 76.2 Å². The summed E-state index contributed by atoms with van der Waals surface area (Å²) < 4.78 is 46.4. The van der Waals surface area contributed by atoms with Gasteiger partial charge in [-0.05, 0) is 61.6 Å². The molecule has 162 valence electrons. The first-order chi connectivity index (χ1) is 14.9. The van der Waals surface area contributed by atoms with Crippen molar-refractivity contribution in [2.24, 2.45) is 5.92 Å². The third kappa shape index (κ3) is 5.36. The van der Waals surface area contributed by atoms with Crippen LogP contribution in [-0.2, 0) is 0 Å². The number of hydrogen-bond donors (Lipinski definition) is 2. The highest BCUT2D eigenvalue weighted by Gasteiger charge is 2.31. The van der Waals surface area contributed by atoms with Gasteiger partial charge in [-0.2, -0.15) is 5.10 Å². The van der Waals surface area contributed by atoms with Gasteiger partial charge in [0.2, 0.25) is 0 Å². The second-order valence-electron chi connectivity index (χ2n) is 7.27. The van der Waals surface area contributed by atoms with Crippen LogP contribution in [0, 0.1) is 5.92 Å². The summed E-state index contributed by atoms with van der Waals surface area (Å²) in [7, 11) is 0. The molecule has 0 saturated carbocycles. The normalized spacial score (nSPS) is 16.3. The van der Waals surface area contributed by atoms with E-state index >= 15 is 0 Å². The van der Waals surface area contributed by atoms with Crippen molar-refractivity contribution in [1.29, 1.82) is 0 Å². The molecule has 3 aromatic rings. The van der Waals surface area contributed by atoms with Gasteiger partial charge in [-0.3, -0.25) is 9.89 Å². The van der Waals surface area contributed by atoms with Crippen molar-refractivity contribution in [1.82, 2.24) is 10.2 Å². The van der Waals surface area contributed by atoms with Crippen LogP contribution in [-0.4, -0.2) is 29.1 Å². The summed E-state index contributed by atoms with van der Waals surface area (Å²) >= 11 is 0. The number of ether oxygens (including phenoxy) is 2. The van der Waals surface area contributed by atoms with Crippen LogP contribution in [0.15, 0.2) is 54.6 Å². The molecule has 1 atom stereocenters. The molecule has 1 aromatic heterocycles. The van der Waals surface area contributed by atoms with Crippen LogP contribution in [0.1, 0.15) is 29.6 Å². The summed E-state index contributed by atoms with van der Waals surface area (Å²) in [6.45, 7) is 0.641. The highest BCUT2D eigenvalue weighted by molar-refractivity contribution is 6.07. The van der Waals surface area contributed by atoms with Crippen molar-refractivity contribution in [3.8, 4) is 11.5 Å². The number of fused-ring (bicyclic) bond motifs is 1. The van der Waals surface area contributed by atoms with Crippen molar-refractivity contribution < 1.29 is 27.4 Å². The predicted octanol–water partition coefficient (Wildman–Crippen LogP) is 5.45. The lowest BCUT2D eigenvalue weighted by molar-refractivity contribution is -0.274. The van der Waals surface area contributed by atoms with Crippen LogP contribution in [0.5, 0.6) is 11.5 Å². The molecular formula is C22H20F3N3O3. The number of rotatable bonds is 6. The Hall–Kier alpha value is -3.49. The van der Waals surface area contributed by atoms with Crippen molar-refractivity contribution in [3.05, 3.63) is 60.2 Å². The average molecular weight is 431 g/mol. The average Bonchev–Trinajstić information content (AvgIpc) is 3.14. The van der Waals surface area contributed by atoms with Crippen molar-refractivity contribution >= 4 is 22.6 Å². The number of aromatic nitrogens is 2. The van der Waals surface area contributed by atoms with Crippen LogP contribution in [0.25, 0.3) is 10.9 Å². The summed E-state index contributed by atoms with van der Waals surface area (Å²) in [6.07, 6.45) is 2.80. The van der Waals surface area contributed by atoms with Crippen molar-refractivity contribution in [2.75, 3.05) is 11.9 Å². The summed E-state index contributed by atoms with van der Waals surface area (Å²) in [6, 6.07) is 10.1. The van der Waals surface area contributed by atoms with Crippen LogP contribution in [0.3, 0.4) is 0 Å². The number of allylic oxidation sites excluding steroid dienone is 2. The Kier molecular flexibility index (Phi) is 5.83. The second-order valence-corrected chi connectivity index (χ2v) is 7.27. The first-order valence-corrected chi connectivity index (χ1v) is 9.80. The predicted molar refractivity (Wildman–Crippen MR) is 109 cm³/mol. The second kappa shape index (κ2) is 8.71. The van der Waals surface area contributed by atoms with E-state index in [0.717, 1.165) is 31.4 Å². The Morgan fingerprint density at radius 3 is 2.61 bits per heavy atom. The van der Waals surface area contributed by atoms with E-state index < -0.39 is 18.0 Å². The molecule has 0 bridgehead atoms. The van der Waals surface area contributed by atoms with Gasteiger partial charge in [-0.25, -0.2) is 0 Å². The number of hydrogen-bond acceptors (Lipinski definition) is 4. The molecule has 2 aromatic carbocycles. The number of carbonyl (C=O) groups excluding carboxylic acids is 1. The highest BCUT2D eigenvalue weighted by Crippen LogP contribution is 2.27. The fourth-order valence-electron chi connectivity index (χ4n) is 3.39. The van der Waals surface area contributed by atoms with Gasteiger partial charge in [0.05, 0.1) is 12.1 Å². The minimum atomic E-state index is -4.78. The van der Waals surface area contributed by atoms with E-state index in [0.29, 0.717) is 35.0 Å². The fraction of sp³-hybridized carbons (Fsp3) is 0.273. The number of alkyl halides is 3. The zero-order valence-electron chi connectivity index (χ0n) is 16.4. The number of anilines is 1. The Morgan fingerprint density at radius 1 is 1.13 bits per heavy atom. The molecule has 0 fully saturated rings. The number of nitrogens with one attached hydrogen (secondary N) is 2. The highest BCUT2D eigenvalue weighted by atomic mass is 19.4. The molecule has 1 aliphatic carbocycles. The fourth-order valence-corrected chi connectivity index (χ4v) is 3.39. The maximum absolute atomic E-state index is 12.4. The molecule has 1 aliphatic rings. The molecule has 0 radical (unpaired) electrons. The number of aromatic amines is 1. The molecular weight excluding hydrogens is 411 g/mol. The third-order valence-corrected chi connectivity index (χ3v) is 4.98. The van der Waals surface area contributed by atoms with Crippen LogP contribution in [0.2, 0.25) is 0 Å². The quantitative estimate of drug-likeness (QED) is 0.509. The molecule has 1 heterocycles. The molecule has 31 heavy (non-hydrogen) atoms. The largest absolute Gasteiger partial charge is 0.573 e. The number of halogens is 3. The number of carbonyl (C=O) groups is 1. The van der Waals surface area contributed by atoms with E-state index in [2.05, 4.69) is 32.4 Å². The Balaban J connectivity index is 1.40. The van der Waals surface area contributed by atoms with Crippen molar-refractivity contribution in [2.45, 2.75) is 25.6 Å². The molecule has 6 nitrogen and oxygen atoms in total. The zero-order chi connectivity index (χ0) is 21.8. The zero-order valence-corrected chi connectivity index (χ0v) is 16.4. The summed E-state index contributed by atoms with van der Waals surface area (Å²) in [5.74, 6) is 0.636. The lowest BCUT2D eigenvalue weighted by atomic mass is 9.95. The van der Waals surface area contributed by atoms with E-state index in [-0.39, 0.29) is 5.56 Å². The maximum atomic E-state index is 12.4. The number of amides is 1. The van der Waals surface area contributed by atoms with Gasteiger partial charge < -0.3 is 14.8 Å². The van der Waals surface area contributed by atoms with Gasteiger partial charge in [0.25, 0.3) is 5.91 Å². The molecule has 9 heteroatoms. The Morgan fingerprint density at radius 2 is 1.90 bits per heavy atom. The smallest absolute Gasteiger partial charge is 0.493 e. The molecule has 4 rings (SSSR count). The molecule has 1 unspecified atom stereocenters. The van der Waals surface area contributed by atoms with E-state index in [1.807, 2.05) is 12.1 Å². The van der Waals surface area contributed by atoms with Crippen LogP contribution in [0.4, 0.5) is 19.0 Å². The van der Waals surface area contributed by atoms with Gasteiger partial charge in [0.1, 0.15) is 11.5 Å². The van der Waals surface area contributed by atoms with Gasteiger partial charge in [-0.1, -0.05) is 12.2 Å². The van der Waals surface area contributed by atoms with E-state index in [1.54, 1.807) is 6.07 Å². The minimum Gasteiger partial charge on any atom is -0.493 e. The Bertz CT molecular complexity index is 1090. The third-order valence-electron chi connectivity index (χ3n) is 4.98. The van der Waals surface area contributed by atoms with Gasteiger partial charge in [-0.15, -0.1) is 13.2 Å². The number of H-pyrrole nitrogens is 1. The first kappa shape index (κ1) is 20.8. The molecule has 0 saturated heterocycles. The first-order valence-electron chi connectivity index (χ1n) is 9.80. The van der Waals surface area contributed by atoms with E-state index in [4.69, 9.17) is 4.74 Å². The minimum absolute atomic E-state index is 0.173. The van der Waals surface area contributed by atoms with Gasteiger partial charge in [0, 0.05) is 17.0 Å². The van der Waals surface area contributed by atoms with Gasteiger partial charge in [0.15, 0.2) is 5.82 Å². The van der Waals surface area contributed by atoms with Crippen molar-refractivity contribution in [3.63, 3.8) is 0 Å². The lowest BCUT2D eigenvalue weighted by Crippen LogP contribution is -2.17. The monoisotopic (exact) mass is 431 g/mol. The lowest BCUT2D eigenvalue weighted by Gasteiger charge is -2.18. The van der Waals surface area contributed by atoms with Crippen LogP contribution < -0.4 is 14.8 Å². The Labute approximate surface area is 176 Å². The SMILES string of the molecule is O=C(Nc1n[nH]c2cc(OCC3CC=CCC3)ccc12)c1ccc(OC(F)(F)F)cc1. The molecule has 2 N–H and O–H groups in total. The molecule has 1 amide bonds. The number of benzene rings is 2. The standard InChI is InChI=1S/C22H20F3N3O3/c23-22(24,25)31-16-8-6-15(7-9-16)21(29)26-20-18-11-10-17(12-19(18)27-28-20)30-13-14-4-2-1-3-5-14/h1-2,6-12,14H,3-5,13H2,(H2,26,27,28,29). The summed E-state index contributed by atoms with van der Waals surface area (Å²) in [5.41, 5.74) is 0.873. The summed E-state index contributed by atoms with van der Waals surface area (Å²) in [4.78, 5) is 12.4. The number of nitrogens with zero attached hydrogens (tertiary/aromatic N) is 1. The van der Waals surface area contributed by atoms with Gasteiger partial charge >= 0.3 is 6.36 Å². The molecule has 0 spiro atoms. The van der Waals surface area contributed by atoms with E-state index in [9.17, 15) is 18.0 Å². The van der Waals surface area contributed by atoms with E-state index in [1.165, 1.54) is 12.1 Å². The maximum Gasteiger partial charge on any atom is 0.573 e. The van der Waals surface area contributed by atoms with Crippen LogP contribution >= 0.6 is 0 Å². The summed E-state index contributed by atoms with van der Waals surface area (Å²) in [5, 5.41) is 10.3. The molecule has 0 aliphatic heterocycles.